The number of likely N-dealkylation sites (tertiary alicyclic amines) is 1. The Bertz CT molecular complexity index is 1730. The number of alkyl carbamates (subject to hydrolysis) is 1. The van der Waals surface area contributed by atoms with Gasteiger partial charge in [0.1, 0.15) is 39.9 Å². The number of amides is 1. The van der Waals surface area contributed by atoms with Crippen molar-refractivity contribution < 1.29 is 38.1 Å². The first-order valence-electron chi connectivity index (χ1n) is 16.0. The zero-order chi connectivity index (χ0) is 35.8. The highest BCUT2D eigenvalue weighted by Crippen LogP contribution is 2.44. The number of carbonyl (C=O) groups is 2. The van der Waals surface area contributed by atoms with E-state index in [0.717, 1.165) is 6.07 Å². The highest BCUT2D eigenvalue weighted by molar-refractivity contribution is 6.74. The molecule has 3 N–H and O–H groups in total. The molecule has 0 unspecified atom stereocenters. The molecule has 0 saturated carbocycles. The van der Waals surface area contributed by atoms with E-state index in [0.29, 0.717) is 23.6 Å². The van der Waals surface area contributed by atoms with Crippen molar-refractivity contribution in [3.63, 3.8) is 0 Å². The monoisotopic (exact) mass is 702 g/mol. The van der Waals surface area contributed by atoms with Crippen molar-refractivity contribution in [1.82, 2.24) is 10.2 Å². The molecule has 0 spiro atoms. The maximum absolute atomic E-state index is 13.9. The van der Waals surface area contributed by atoms with E-state index in [-0.39, 0.29) is 46.2 Å². The van der Waals surface area contributed by atoms with E-state index in [9.17, 15) is 24.6 Å². The summed E-state index contributed by atoms with van der Waals surface area (Å²) in [6.45, 7) is 16.2. The van der Waals surface area contributed by atoms with Crippen molar-refractivity contribution in [2.45, 2.75) is 89.8 Å². The Kier molecular flexibility index (Phi) is 10.9. The molecule has 0 bridgehead atoms. The Hall–Kier alpha value is -3.58. The molecule has 0 radical (unpaired) electrons. The molecule has 1 fully saturated rings. The molecule has 48 heavy (non-hydrogen) atoms. The molecule has 13 heteroatoms. The Morgan fingerprint density at radius 1 is 1.10 bits per heavy atom. The van der Waals surface area contributed by atoms with Crippen LogP contribution < -0.4 is 10.7 Å². The molecule has 2 heterocycles. The highest BCUT2D eigenvalue weighted by atomic mass is 35.5. The molecule has 1 aromatic heterocycles. The number of carbonyl (C=O) groups excluding carboxylic acids is 2. The van der Waals surface area contributed by atoms with E-state index in [1.807, 2.05) is 25.0 Å². The third-order valence-corrected chi connectivity index (χ3v) is 13.8. The van der Waals surface area contributed by atoms with Gasteiger partial charge in [-0.3, -0.25) is 4.79 Å². The number of phenols is 2. The van der Waals surface area contributed by atoms with Gasteiger partial charge >= 0.3 is 12.1 Å². The first kappa shape index (κ1) is 37.2. The van der Waals surface area contributed by atoms with Gasteiger partial charge in [0.2, 0.25) is 0 Å². The number of rotatable bonds is 8. The van der Waals surface area contributed by atoms with Crippen LogP contribution in [-0.4, -0.2) is 80.0 Å². The summed E-state index contributed by atoms with van der Waals surface area (Å²) in [5.74, 6) is -2.02. The van der Waals surface area contributed by atoms with Crippen LogP contribution in [-0.2, 0) is 18.7 Å². The lowest BCUT2D eigenvalue weighted by Gasteiger charge is -2.38. The van der Waals surface area contributed by atoms with Crippen LogP contribution in [0.3, 0.4) is 0 Å². The quantitative estimate of drug-likeness (QED) is 0.170. The molecule has 11 nitrogen and oxygen atoms in total. The fourth-order valence-corrected chi connectivity index (χ4v) is 6.60. The number of piperidine rings is 1. The van der Waals surface area contributed by atoms with Gasteiger partial charge in [-0.2, -0.15) is 0 Å². The lowest BCUT2D eigenvalue weighted by atomic mass is 9.85. The number of hydrogen-bond donors (Lipinski definition) is 3. The van der Waals surface area contributed by atoms with Crippen molar-refractivity contribution in [3.05, 3.63) is 57.2 Å². The summed E-state index contributed by atoms with van der Waals surface area (Å²) >= 11 is 6.42. The second-order valence-corrected chi connectivity index (χ2v) is 20.1. The van der Waals surface area contributed by atoms with E-state index in [1.54, 1.807) is 45.0 Å². The van der Waals surface area contributed by atoms with E-state index in [4.69, 9.17) is 29.9 Å². The summed E-state index contributed by atoms with van der Waals surface area (Å²) in [5, 5.41) is 24.7. The minimum absolute atomic E-state index is 0.0322. The second-order valence-electron chi connectivity index (χ2n) is 14.9. The minimum Gasteiger partial charge on any atom is -0.507 e. The summed E-state index contributed by atoms with van der Waals surface area (Å²) in [4.78, 5) is 42.1. The number of phenolic OH excluding ortho intramolecular Hbond substituents is 2. The van der Waals surface area contributed by atoms with Gasteiger partial charge in [0.05, 0.1) is 11.6 Å². The van der Waals surface area contributed by atoms with E-state index < -0.39 is 55.2 Å². The van der Waals surface area contributed by atoms with E-state index in [1.165, 1.54) is 6.07 Å². The topological polar surface area (TPSA) is 148 Å². The number of benzene rings is 2. The lowest BCUT2D eigenvalue weighted by Crippen LogP contribution is -2.52. The fourth-order valence-electron chi connectivity index (χ4n) is 5.35. The maximum Gasteiger partial charge on any atom is 0.408 e. The number of ether oxygens (including phenoxy) is 2. The third kappa shape index (κ3) is 8.52. The zero-order valence-corrected chi connectivity index (χ0v) is 30.9. The fraction of sp³-hybridized carbons (Fsp3) is 0.514. The predicted molar refractivity (Wildman–Crippen MR) is 187 cm³/mol. The standard InChI is InChI=1S/C35H47ClN2O9Si/c1-34(2,3)47-33(43)37-23(19-44-48(8,9)35(4,5)6)32(42)46-28-18-38(7)15-14-21(28)29-24(39)16-25(40)30-26(41)17-27(45-31(29)30)20-12-10-11-13-22(20)36/h10-13,16-17,21,23,28,39-40H,14-15,18-19H2,1-9H3,(H,37,43)/t21-,23-,28+/m0/s1. The van der Waals surface area contributed by atoms with Crippen molar-refractivity contribution in [3.8, 4) is 22.8 Å². The summed E-state index contributed by atoms with van der Waals surface area (Å²) in [7, 11) is -0.470. The molecule has 4 rings (SSSR count). The van der Waals surface area contributed by atoms with Crippen LogP contribution >= 0.6 is 11.6 Å². The van der Waals surface area contributed by atoms with E-state index >= 15 is 0 Å². The Balaban J connectivity index is 1.75. The zero-order valence-electron chi connectivity index (χ0n) is 29.1. The minimum atomic E-state index is -2.34. The molecule has 1 saturated heterocycles. The van der Waals surface area contributed by atoms with Crippen LogP contribution in [0.1, 0.15) is 59.4 Å². The molecular weight excluding hydrogens is 656 g/mol. The maximum atomic E-state index is 13.9. The Labute approximate surface area is 287 Å². The number of nitrogens with zero attached hydrogens (tertiary/aromatic N) is 1. The summed E-state index contributed by atoms with van der Waals surface area (Å²) < 4.78 is 24.1. The smallest absolute Gasteiger partial charge is 0.408 e. The third-order valence-electron chi connectivity index (χ3n) is 8.93. The lowest BCUT2D eigenvalue weighted by molar-refractivity contribution is -0.156. The largest absolute Gasteiger partial charge is 0.507 e. The molecule has 1 aliphatic heterocycles. The van der Waals surface area contributed by atoms with Gasteiger partial charge in [-0.25, -0.2) is 9.59 Å². The second kappa shape index (κ2) is 14.1. The van der Waals surface area contributed by atoms with Crippen LogP contribution in [0.2, 0.25) is 23.2 Å². The molecule has 1 amide bonds. The number of hydrogen-bond acceptors (Lipinski definition) is 10. The van der Waals surface area contributed by atoms with Gasteiger partial charge in [0, 0.05) is 35.7 Å². The van der Waals surface area contributed by atoms with Crippen LogP contribution in [0.25, 0.3) is 22.3 Å². The Morgan fingerprint density at radius 2 is 1.77 bits per heavy atom. The van der Waals surface area contributed by atoms with Gasteiger partial charge in [-0.1, -0.05) is 44.5 Å². The van der Waals surface area contributed by atoms with Crippen LogP contribution in [0.5, 0.6) is 11.5 Å². The number of halogens is 1. The van der Waals surface area contributed by atoms with Gasteiger partial charge in [0.25, 0.3) is 0 Å². The summed E-state index contributed by atoms with van der Waals surface area (Å²) in [5.41, 5.74) is -0.698. The first-order chi connectivity index (χ1) is 22.2. The number of aromatic hydroxyl groups is 2. The average molecular weight is 703 g/mol. The van der Waals surface area contributed by atoms with Crippen molar-refractivity contribution >= 4 is 43.0 Å². The highest BCUT2D eigenvalue weighted by Gasteiger charge is 2.41. The first-order valence-corrected chi connectivity index (χ1v) is 19.3. The van der Waals surface area contributed by atoms with Crippen LogP contribution in [0.15, 0.2) is 45.6 Å². The average Bonchev–Trinajstić information content (AvgIpc) is 2.94. The predicted octanol–water partition coefficient (Wildman–Crippen LogP) is 6.77. The number of esters is 1. The van der Waals surface area contributed by atoms with Gasteiger partial charge in [0.15, 0.2) is 19.8 Å². The number of fused-ring (bicyclic) bond motifs is 1. The summed E-state index contributed by atoms with van der Waals surface area (Å²) in [6, 6.07) is 7.98. The van der Waals surface area contributed by atoms with Crippen molar-refractivity contribution in [2.24, 2.45) is 0 Å². The molecule has 0 aliphatic carbocycles. The van der Waals surface area contributed by atoms with Crippen molar-refractivity contribution in [1.29, 1.82) is 0 Å². The SMILES string of the molecule is CN1CC[C@H](c2c(O)cc(O)c3c(=O)cc(-c4ccccc4Cl)oc23)[C@H](OC(=O)[C@H](CO[Si](C)(C)C(C)(C)C)NC(=O)OC(C)(C)C)C1. The van der Waals surface area contributed by atoms with Gasteiger partial charge in [-0.05, 0) is 71.0 Å². The van der Waals surface area contributed by atoms with Crippen molar-refractivity contribution in [2.75, 3.05) is 26.7 Å². The van der Waals surface area contributed by atoms with E-state index in [2.05, 4.69) is 26.1 Å². The molecular formula is C35H47ClN2O9Si. The Morgan fingerprint density at radius 3 is 2.40 bits per heavy atom. The number of likely N-dealkylation sites (N-methyl/N-ethyl adjacent to an activating group) is 1. The number of nitrogens with one attached hydrogen (secondary N) is 1. The molecule has 1 aliphatic rings. The van der Waals surface area contributed by atoms with Crippen LogP contribution in [0, 0.1) is 0 Å². The summed E-state index contributed by atoms with van der Waals surface area (Å²) in [6.07, 6.45) is -1.23. The molecule has 3 aromatic rings. The molecule has 2 aromatic carbocycles. The molecule has 3 atom stereocenters. The molecule has 262 valence electrons. The van der Waals surface area contributed by atoms with Gasteiger partial charge < -0.3 is 38.7 Å². The normalized spacial score (nSPS) is 18.4. The van der Waals surface area contributed by atoms with Crippen LogP contribution in [0.4, 0.5) is 4.79 Å². The van der Waals surface area contributed by atoms with Gasteiger partial charge in [-0.15, -0.1) is 0 Å².